The van der Waals surface area contributed by atoms with Crippen LogP contribution in [0.5, 0.6) is 0 Å². The maximum atomic E-state index is 12.4. The number of hydrogen-bond acceptors (Lipinski definition) is 3. The molecule has 0 saturated carbocycles. The number of carbonyl (C=O) groups is 1. The normalized spacial score (nSPS) is 14.2. The summed E-state index contributed by atoms with van der Waals surface area (Å²) < 4.78 is 10.6. The van der Waals surface area contributed by atoms with Crippen molar-refractivity contribution in [1.82, 2.24) is 0 Å². The summed E-state index contributed by atoms with van der Waals surface area (Å²) in [6.45, 7) is 4.96. The van der Waals surface area contributed by atoms with Gasteiger partial charge in [0.25, 0.3) is 0 Å². The van der Waals surface area contributed by atoms with Crippen LogP contribution in [0.25, 0.3) is 0 Å². The summed E-state index contributed by atoms with van der Waals surface area (Å²) in [6, 6.07) is 9.65. The Bertz CT molecular complexity index is 348. The lowest BCUT2D eigenvalue weighted by Crippen LogP contribution is -2.23. The number of rotatable bonds is 8. The molecule has 18 heavy (non-hydrogen) atoms. The van der Waals surface area contributed by atoms with Crippen molar-refractivity contribution in [2.24, 2.45) is 5.92 Å². The van der Waals surface area contributed by atoms with Gasteiger partial charge in [0, 0.05) is 26.2 Å². The van der Waals surface area contributed by atoms with E-state index in [2.05, 4.69) is 0 Å². The molecule has 0 heterocycles. The summed E-state index contributed by atoms with van der Waals surface area (Å²) >= 11 is 0. The molecule has 2 atom stereocenters. The zero-order chi connectivity index (χ0) is 13.4. The van der Waals surface area contributed by atoms with E-state index in [1.54, 1.807) is 7.11 Å². The van der Waals surface area contributed by atoms with Crippen LogP contribution in [0.4, 0.5) is 0 Å². The van der Waals surface area contributed by atoms with Gasteiger partial charge in [-0.25, -0.2) is 0 Å². The van der Waals surface area contributed by atoms with Crippen LogP contribution in [-0.2, 0) is 14.3 Å². The zero-order valence-electron chi connectivity index (χ0n) is 11.4. The molecule has 3 nitrogen and oxygen atoms in total. The largest absolute Gasteiger partial charge is 0.385 e. The molecule has 0 spiro atoms. The molecule has 1 aromatic carbocycles. The highest BCUT2D eigenvalue weighted by Gasteiger charge is 2.25. The van der Waals surface area contributed by atoms with Crippen LogP contribution in [0.1, 0.15) is 31.9 Å². The second-order valence-corrected chi connectivity index (χ2v) is 4.33. The van der Waals surface area contributed by atoms with Gasteiger partial charge < -0.3 is 9.47 Å². The molecule has 1 rings (SSSR count). The Kier molecular flexibility index (Phi) is 6.61. The van der Waals surface area contributed by atoms with Gasteiger partial charge in [0.15, 0.2) is 5.78 Å². The van der Waals surface area contributed by atoms with Gasteiger partial charge in [0.2, 0.25) is 0 Å². The minimum absolute atomic E-state index is 0.0540. The fraction of sp³-hybridized carbons (Fsp3) is 0.533. The fourth-order valence-electron chi connectivity index (χ4n) is 1.83. The first-order valence-corrected chi connectivity index (χ1v) is 6.39. The van der Waals surface area contributed by atoms with Crippen molar-refractivity contribution in [3.8, 4) is 0 Å². The Balaban J connectivity index is 2.75. The van der Waals surface area contributed by atoms with E-state index in [0.717, 1.165) is 12.0 Å². The third-order valence-corrected chi connectivity index (χ3v) is 2.93. The number of Topliss-reactive ketones (excluding diaryl/α,β-unsaturated/α-hetero) is 1. The topological polar surface area (TPSA) is 35.5 Å². The highest BCUT2D eigenvalue weighted by atomic mass is 16.5. The molecule has 0 amide bonds. The molecule has 0 saturated heterocycles. The molecule has 0 aromatic heterocycles. The van der Waals surface area contributed by atoms with Gasteiger partial charge in [0.1, 0.15) is 6.10 Å². The summed E-state index contributed by atoms with van der Waals surface area (Å²) in [6.07, 6.45) is 0.272. The lowest BCUT2D eigenvalue weighted by molar-refractivity contribution is -0.134. The first-order valence-electron chi connectivity index (χ1n) is 6.39. The number of ketones is 1. The molecule has 0 bridgehead atoms. The third kappa shape index (κ3) is 4.24. The van der Waals surface area contributed by atoms with Gasteiger partial charge >= 0.3 is 0 Å². The van der Waals surface area contributed by atoms with Crippen molar-refractivity contribution in [2.75, 3.05) is 20.3 Å². The van der Waals surface area contributed by atoms with Gasteiger partial charge in [-0.2, -0.15) is 0 Å². The molecule has 1 aromatic rings. The van der Waals surface area contributed by atoms with E-state index in [1.165, 1.54) is 0 Å². The Morgan fingerprint density at radius 1 is 1.28 bits per heavy atom. The Labute approximate surface area is 109 Å². The number of hydrogen-bond donors (Lipinski definition) is 0. The van der Waals surface area contributed by atoms with E-state index >= 15 is 0 Å². The van der Waals surface area contributed by atoms with E-state index in [9.17, 15) is 4.79 Å². The lowest BCUT2D eigenvalue weighted by Gasteiger charge is -2.20. The van der Waals surface area contributed by atoms with E-state index in [1.807, 2.05) is 44.2 Å². The van der Waals surface area contributed by atoms with Crippen molar-refractivity contribution >= 4 is 5.78 Å². The summed E-state index contributed by atoms with van der Waals surface area (Å²) in [5, 5.41) is 0. The Hall–Kier alpha value is -1.19. The highest BCUT2D eigenvalue weighted by molar-refractivity contribution is 5.86. The first kappa shape index (κ1) is 14.9. The molecule has 0 aliphatic carbocycles. The maximum Gasteiger partial charge on any atom is 0.168 e. The van der Waals surface area contributed by atoms with Gasteiger partial charge in [-0.05, 0) is 18.9 Å². The average Bonchev–Trinajstić information content (AvgIpc) is 2.42. The van der Waals surface area contributed by atoms with E-state index in [0.29, 0.717) is 13.2 Å². The highest BCUT2D eigenvalue weighted by Crippen LogP contribution is 2.23. The standard InChI is InChI=1S/C15H22O3/c1-4-18-15(13-8-6-5-7-9-13)14(16)12(2)10-11-17-3/h5-9,12,15H,4,10-11H2,1-3H3. The maximum absolute atomic E-state index is 12.4. The number of methoxy groups -OCH3 is 1. The molecule has 0 N–H and O–H groups in total. The van der Waals surface area contributed by atoms with Crippen molar-refractivity contribution < 1.29 is 14.3 Å². The van der Waals surface area contributed by atoms with Crippen LogP contribution in [0, 0.1) is 5.92 Å². The Morgan fingerprint density at radius 2 is 1.94 bits per heavy atom. The monoisotopic (exact) mass is 250 g/mol. The summed E-state index contributed by atoms with van der Waals surface area (Å²) in [5.41, 5.74) is 0.925. The number of carbonyl (C=O) groups excluding carboxylic acids is 1. The molecule has 2 unspecified atom stereocenters. The molecule has 3 heteroatoms. The smallest absolute Gasteiger partial charge is 0.168 e. The van der Waals surface area contributed by atoms with Crippen LogP contribution >= 0.6 is 0 Å². The van der Waals surface area contributed by atoms with Crippen LogP contribution < -0.4 is 0 Å². The fourth-order valence-corrected chi connectivity index (χ4v) is 1.83. The quantitative estimate of drug-likeness (QED) is 0.711. The predicted octanol–water partition coefficient (Wildman–Crippen LogP) is 3.01. The van der Waals surface area contributed by atoms with Gasteiger partial charge in [-0.15, -0.1) is 0 Å². The summed E-state index contributed by atoms with van der Waals surface area (Å²) in [5.74, 6) is 0.0711. The molecule has 0 aliphatic rings. The van der Waals surface area contributed by atoms with Crippen LogP contribution in [0.3, 0.4) is 0 Å². The summed E-state index contributed by atoms with van der Waals surface area (Å²) in [4.78, 5) is 12.4. The number of ether oxygens (including phenoxy) is 2. The molecule has 0 radical (unpaired) electrons. The zero-order valence-corrected chi connectivity index (χ0v) is 11.4. The Morgan fingerprint density at radius 3 is 2.50 bits per heavy atom. The molecule has 100 valence electrons. The predicted molar refractivity (Wildman–Crippen MR) is 71.5 cm³/mol. The van der Waals surface area contributed by atoms with E-state index < -0.39 is 6.10 Å². The van der Waals surface area contributed by atoms with E-state index in [-0.39, 0.29) is 11.7 Å². The van der Waals surface area contributed by atoms with Gasteiger partial charge in [-0.1, -0.05) is 37.3 Å². The molecule has 0 aliphatic heterocycles. The second-order valence-electron chi connectivity index (χ2n) is 4.33. The van der Waals surface area contributed by atoms with Crippen LogP contribution in [0.15, 0.2) is 30.3 Å². The number of benzene rings is 1. The lowest BCUT2D eigenvalue weighted by atomic mass is 9.94. The minimum atomic E-state index is -0.456. The third-order valence-electron chi connectivity index (χ3n) is 2.93. The van der Waals surface area contributed by atoms with Crippen LogP contribution in [0.2, 0.25) is 0 Å². The first-order chi connectivity index (χ1) is 8.70. The molecular formula is C15H22O3. The molecule has 0 fully saturated rings. The van der Waals surface area contributed by atoms with Crippen molar-refractivity contribution in [3.63, 3.8) is 0 Å². The van der Waals surface area contributed by atoms with E-state index in [4.69, 9.17) is 9.47 Å². The van der Waals surface area contributed by atoms with Crippen LogP contribution in [-0.4, -0.2) is 26.1 Å². The van der Waals surface area contributed by atoms with Gasteiger partial charge in [-0.3, -0.25) is 4.79 Å². The SMILES string of the molecule is CCOC(C(=O)C(C)CCOC)c1ccccc1. The molecular weight excluding hydrogens is 228 g/mol. The van der Waals surface area contributed by atoms with Crippen molar-refractivity contribution in [1.29, 1.82) is 0 Å². The summed E-state index contributed by atoms with van der Waals surface area (Å²) in [7, 11) is 1.65. The van der Waals surface area contributed by atoms with Gasteiger partial charge in [0.05, 0.1) is 0 Å². The van der Waals surface area contributed by atoms with Crippen molar-refractivity contribution in [3.05, 3.63) is 35.9 Å². The second kappa shape index (κ2) is 8.01. The van der Waals surface area contributed by atoms with Crippen molar-refractivity contribution in [2.45, 2.75) is 26.4 Å². The average molecular weight is 250 g/mol. The minimum Gasteiger partial charge on any atom is -0.385 e.